The highest BCUT2D eigenvalue weighted by Crippen LogP contribution is 2.26. The van der Waals surface area contributed by atoms with Gasteiger partial charge >= 0.3 is 0 Å². The first kappa shape index (κ1) is 19.3. The minimum Gasteiger partial charge on any atom is -0.492 e. The SMILES string of the molecule is CCc1ccc(OCCCC(=O)Nc2ccc(N(C)C)cc2)c(Br)c1. The molecule has 0 unspecified atom stereocenters. The van der Waals surface area contributed by atoms with Crippen molar-refractivity contribution in [2.45, 2.75) is 26.2 Å². The van der Waals surface area contributed by atoms with Crippen molar-refractivity contribution in [3.63, 3.8) is 0 Å². The molecule has 0 atom stereocenters. The minimum absolute atomic E-state index is 0.00148. The summed E-state index contributed by atoms with van der Waals surface area (Å²) < 4.78 is 6.70. The summed E-state index contributed by atoms with van der Waals surface area (Å²) in [6.45, 7) is 2.63. The van der Waals surface area contributed by atoms with Gasteiger partial charge in [-0.05, 0) is 70.7 Å². The number of benzene rings is 2. The summed E-state index contributed by atoms with van der Waals surface area (Å²) in [5.41, 5.74) is 3.18. The fraction of sp³-hybridized carbons (Fsp3) is 0.350. The van der Waals surface area contributed by atoms with E-state index < -0.39 is 0 Å². The monoisotopic (exact) mass is 404 g/mol. The van der Waals surface area contributed by atoms with Gasteiger partial charge < -0.3 is 15.0 Å². The number of ether oxygens (including phenoxy) is 1. The second-order valence-corrected chi connectivity index (χ2v) is 6.91. The number of carbonyl (C=O) groups is 1. The van der Waals surface area contributed by atoms with Crippen LogP contribution in [-0.4, -0.2) is 26.6 Å². The molecule has 0 aliphatic heterocycles. The van der Waals surface area contributed by atoms with Gasteiger partial charge in [-0.3, -0.25) is 4.79 Å². The van der Waals surface area contributed by atoms with Crippen molar-refractivity contribution in [3.05, 3.63) is 52.5 Å². The Bertz CT molecular complexity index is 699. The molecule has 2 aromatic rings. The molecule has 0 spiro atoms. The Morgan fingerprint density at radius 2 is 1.88 bits per heavy atom. The smallest absolute Gasteiger partial charge is 0.224 e. The maximum Gasteiger partial charge on any atom is 0.224 e. The molecule has 0 aromatic heterocycles. The number of hydrogen-bond donors (Lipinski definition) is 1. The molecule has 0 saturated carbocycles. The van der Waals surface area contributed by atoms with Crippen molar-refractivity contribution < 1.29 is 9.53 Å². The van der Waals surface area contributed by atoms with Crippen molar-refractivity contribution in [1.82, 2.24) is 0 Å². The molecule has 0 bridgehead atoms. The largest absolute Gasteiger partial charge is 0.492 e. The Hall–Kier alpha value is -2.01. The van der Waals surface area contributed by atoms with E-state index in [-0.39, 0.29) is 5.91 Å². The van der Waals surface area contributed by atoms with Crippen molar-refractivity contribution in [2.24, 2.45) is 0 Å². The molecular formula is C20H25BrN2O2. The molecule has 0 aliphatic rings. The maximum atomic E-state index is 12.0. The minimum atomic E-state index is 0.00148. The summed E-state index contributed by atoms with van der Waals surface area (Å²) in [5, 5.41) is 2.91. The highest BCUT2D eigenvalue weighted by molar-refractivity contribution is 9.10. The Morgan fingerprint density at radius 3 is 2.48 bits per heavy atom. The standard InChI is InChI=1S/C20H25BrN2O2/c1-4-15-7-12-19(18(21)14-15)25-13-5-6-20(24)22-16-8-10-17(11-9-16)23(2)3/h7-12,14H,4-6,13H2,1-3H3,(H,22,24). The normalized spacial score (nSPS) is 10.4. The van der Waals surface area contributed by atoms with Crippen LogP contribution in [0.3, 0.4) is 0 Å². The van der Waals surface area contributed by atoms with E-state index >= 15 is 0 Å². The van der Waals surface area contributed by atoms with Crippen molar-refractivity contribution in [1.29, 1.82) is 0 Å². The van der Waals surface area contributed by atoms with Crippen LogP contribution in [0.2, 0.25) is 0 Å². The van der Waals surface area contributed by atoms with E-state index in [1.807, 2.05) is 49.3 Å². The van der Waals surface area contributed by atoms with Crippen molar-refractivity contribution >= 4 is 33.2 Å². The fourth-order valence-corrected chi connectivity index (χ4v) is 2.90. The molecule has 1 N–H and O–H groups in total. The summed E-state index contributed by atoms with van der Waals surface area (Å²) in [6.07, 6.45) is 2.10. The first-order chi connectivity index (χ1) is 12.0. The predicted octanol–water partition coefficient (Wildman–Crippen LogP) is 4.88. The third-order valence-corrected chi connectivity index (χ3v) is 4.50. The Labute approximate surface area is 158 Å². The van der Waals surface area contributed by atoms with E-state index in [2.05, 4.69) is 40.3 Å². The summed E-state index contributed by atoms with van der Waals surface area (Å²) >= 11 is 3.52. The lowest BCUT2D eigenvalue weighted by atomic mass is 10.2. The maximum absolute atomic E-state index is 12.0. The van der Waals surface area contributed by atoms with Crippen LogP contribution in [0.25, 0.3) is 0 Å². The van der Waals surface area contributed by atoms with E-state index in [9.17, 15) is 4.79 Å². The molecule has 5 heteroatoms. The first-order valence-electron chi connectivity index (χ1n) is 8.48. The number of halogens is 1. The van der Waals surface area contributed by atoms with Gasteiger partial charge in [-0.1, -0.05) is 13.0 Å². The molecule has 0 aliphatic carbocycles. The van der Waals surface area contributed by atoms with Gasteiger partial charge in [-0.15, -0.1) is 0 Å². The summed E-state index contributed by atoms with van der Waals surface area (Å²) in [7, 11) is 3.98. The number of nitrogens with zero attached hydrogens (tertiary/aromatic N) is 1. The molecule has 2 aromatic carbocycles. The molecule has 0 heterocycles. The van der Waals surface area contributed by atoms with Crippen LogP contribution >= 0.6 is 15.9 Å². The lowest BCUT2D eigenvalue weighted by Crippen LogP contribution is -2.13. The first-order valence-corrected chi connectivity index (χ1v) is 9.27. The van der Waals surface area contributed by atoms with E-state index in [0.29, 0.717) is 19.4 Å². The van der Waals surface area contributed by atoms with Crippen LogP contribution in [0, 0.1) is 0 Å². The summed E-state index contributed by atoms with van der Waals surface area (Å²) in [6, 6.07) is 13.9. The molecule has 0 fully saturated rings. The van der Waals surface area contributed by atoms with Crippen LogP contribution in [0.5, 0.6) is 5.75 Å². The molecule has 2 rings (SSSR count). The number of nitrogens with one attached hydrogen (secondary N) is 1. The summed E-state index contributed by atoms with van der Waals surface area (Å²) in [5.74, 6) is 0.818. The highest BCUT2D eigenvalue weighted by atomic mass is 79.9. The van der Waals surface area contributed by atoms with Gasteiger partial charge in [-0.2, -0.15) is 0 Å². The zero-order chi connectivity index (χ0) is 18.2. The lowest BCUT2D eigenvalue weighted by Gasteiger charge is -2.13. The fourth-order valence-electron chi connectivity index (χ4n) is 2.36. The topological polar surface area (TPSA) is 41.6 Å². The van der Waals surface area contributed by atoms with Crippen molar-refractivity contribution in [2.75, 3.05) is 30.9 Å². The van der Waals surface area contributed by atoms with E-state index in [1.54, 1.807) is 0 Å². The van der Waals surface area contributed by atoms with Crippen LogP contribution in [-0.2, 0) is 11.2 Å². The number of rotatable bonds is 8. The number of carbonyl (C=O) groups excluding carboxylic acids is 1. The second-order valence-electron chi connectivity index (χ2n) is 6.06. The van der Waals surface area contributed by atoms with Crippen molar-refractivity contribution in [3.8, 4) is 5.75 Å². The van der Waals surface area contributed by atoms with Gasteiger partial charge in [0.15, 0.2) is 0 Å². The molecule has 4 nitrogen and oxygen atoms in total. The Balaban J connectivity index is 1.73. The summed E-state index contributed by atoms with van der Waals surface area (Å²) in [4.78, 5) is 14.0. The van der Waals surface area contributed by atoms with E-state index in [1.165, 1.54) is 5.56 Å². The van der Waals surface area contributed by atoms with Crippen LogP contribution < -0.4 is 15.0 Å². The lowest BCUT2D eigenvalue weighted by molar-refractivity contribution is -0.116. The van der Waals surface area contributed by atoms with Gasteiger partial charge in [0.1, 0.15) is 5.75 Å². The number of hydrogen-bond acceptors (Lipinski definition) is 3. The third kappa shape index (κ3) is 6.09. The predicted molar refractivity (Wildman–Crippen MR) is 108 cm³/mol. The zero-order valence-corrected chi connectivity index (χ0v) is 16.6. The third-order valence-electron chi connectivity index (χ3n) is 3.88. The van der Waals surface area contributed by atoms with E-state index in [4.69, 9.17) is 4.74 Å². The quantitative estimate of drug-likeness (QED) is 0.637. The average Bonchev–Trinajstić information content (AvgIpc) is 2.60. The van der Waals surface area contributed by atoms with Gasteiger partial charge in [-0.25, -0.2) is 0 Å². The Morgan fingerprint density at radius 1 is 1.16 bits per heavy atom. The average molecular weight is 405 g/mol. The molecule has 134 valence electrons. The second kappa shape index (κ2) is 9.47. The van der Waals surface area contributed by atoms with Crippen LogP contribution in [0.15, 0.2) is 46.9 Å². The van der Waals surface area contributed by atoms with E-state index in [0.717, 1.165) is 28.0 Å². The molecule has 1 amide bonds. The zero-order valence-electron chi connectivity index (χ0n) is 15.0. The van der Waals surface area contributed by atoms with Gasteiger partial charge in [0.25, 0.3) is 0 Å². The van der Waals surface area contributed by atoms with Crippen LogP contribution in [0.4, 0.5) is 11.4 Å². The van der Waals surface area contributed by atoms with Gasteiger partial charge in [0, 0.05) is 31.9 Å². The molecule has 25 heavy (non-hydrogen) atoms. The van der Waals surface area contributed by atoms with Crippen LogP contribution in [0.1, 0.15) is 25.3 Å². The van der Waals surface area contributed by atoms with Gasteiger partial charge in [0.05, 0.1) is 11.1 Å². The molecule has 0 radical (unpaired) electrons. The molecular weight excluding hydrogens is 380 g/mol. The molecule has 0 saturated heterocycles. The Kier molecular flexibility index (Phi) is 7.31. The number of anilines is 2. The highest BCUT2D eigenvalue weighted by Gasteiger charge is 2.05. The number of aryl methyl sites for hydroxylation is 1. The van der Waals surface area contributed by atoms with Gasteiger partial charge in [0.2, 0.25) is 5.91 Å². The number of amides is 1.